The zero-order valence-electron chi connectivity index (χ0n) is 14.2. The number of hydrogen-bond acceptors (Lipinski definition) is 3. The van der Waals surface area contributed by atoms with Crippen molar-refractivity contribution in [2.45, 2.75) is 57.1 Å². The molecule has 0 bridgehead atoms. The first-order chi connectivity index (χ1) is 11.3. The normalized spacial score (nSPS) is 22.0. The zero-order chi connectivity index (χ0) is 16.5. The number of aliphatic imine (C=N–C) groups is 1. The van der Waals surface area contributed by atoms with Crippen molar-refractivity contribution in [3.05, 3.63) is 35.4 Å². The van der Waals surface area contributed by atoms with E-state index >= 15 is 0 Å². The van der Waals surface area contributed by atoms with Gasteiger partial charge in [0.1, 0.15) is 0 Å². The summed E-state index contributed by atoms with van der Waals surface area (Å²) >= 11 is 1.98. The lowest BCUT2D eigenvalue weighted by Gasteiger charge is -2.29. The highest BCUT2D eigenvalue weighted by atomic mass is 32.2. The fourth-order valence-corrected chi connectivity index (χ4v) is 3.86. The largest absolute Gasteiger partial charge is 0.392 e. The van der Waals surface area contributed by atoms with E-state index in [1.165, 1.54) is 25.7 Å². The lowest BCUT2D eigenvalue weighted by atomic mass is 9.95. The highest BCUT2D eigenvalue weighted by Gasteiger charge is 2.21. The van der Waals surface area contributed by atoms with Gasteiger partial charge in [0.25, 0.3) is 0 Å². The third-order valence-electron chi connectivity index (χ3n) is 4.34. The van der Waals surface area contributed by atoms with E-state index in [4.69, 9.17) is 4.99 Å². The lowest BCUT2D eigenvalue weighted by Crippen LogP contribution is -2.45. The molecule has 1 aliphatic carbocycles. The number of nitrogens with zero attached hydrogens (tertiary/aromatic N) is 1. The summed E-state index contributed by atoms with van der Waals surface area (Å²) in [4.78, 5) is 4.71. The van der Waals surface area contributed by atoms with Crippen molar-refractivity contribution in [3.8, 4) is 0 Å². The average molecular weight is 336 g/mol. The molecule has 1 aliphatic rings. The van der Waals surface area contributed by atoms with Gasteiger partial charge < -0.3 is 15.7 Å². The van der Waals surface area contributed by atoms with Crippen LogP contribution in [0.25, 0.3) is 0 Å². The van der Waals surface area contributed by atoms with Gasteiger partial charge in [-0.1, -0.05) is 30.7 Å². The van der Waals surface area contributed by atoms with Gasteiger partial charge in [0.05, 0.1) is 13.2 Å². The maximum atomic E-state index is 9.42. The van der Waals surface area contributed by atoms with Crippen molar-refractivity contribution >= 4 is 17.7 Å². The third-order valence-corrected chi connectivity index (χ3v) is 5.44. The number of hydrogen-bond donors (Lipinski definition) is 3. The van der Waals surface area contributed by atoms with Gasteiger partial charge in [-0.15, -0.1) is 0 Å². The van der Waals surface area contributed by atoms with Gasteiger partial charge in [-0.3, -0.25) is 0 Å². The zero-order valence-corrected chi connectivity index (χ0v) is 15.0. The van der Waals surface area contributed by atoms with Crippen LogP contribution in [0.1, 0.15) is 43.7 Å². The van der Waals surface area contributed by atoms with Gasteiger partial charge in [-0.25, -0.2) is 4.99 Å². The van der Waals surface area contributed by atoms with E-state index in [-0.39, 0.29) is 6.61 Å². The van der Waals surface area contributed by atoms with Gasteiger partial charge in [0.15, 0.2) is 5.96 Å². The van der Waals surface area contributed by atoms with Crippen LogP contribution in [0, 0.1) is 0 Å². The second kappa shape index (κ2) is 9.83. The molecular formula is C18H29N3OS. The standard InChI is InChI=1S/C18H29N3OS/c1-3-19-18(21-16-9-6-10-17(11-16)23-2)20-12-14-7-4-5-8-15(14)13-22/h4-5,7-8,16-17,22H,3,6,9-13H2,1-2H3,(H2,19,20,21). The summed E-state index contributed by atoms with van der Waals surface area (Å²) in [6.45, 7) is 3.59. The number of benzene rings is 1. The molecule has 23 heavy (non-hydrogen) atoms. The minimum atomic E-state index is 0.0632. The first kappa shape index (κ1) is 18.1. The summed E-state index contributed by atoms with van der Waals surface area (Å²) in [6.07, 6.45) is 7.25. The number of rotatable bonds is 6. The van der Waals surface area contributed by atoms with E-state index in [1.54, 1.807) is 0 Å². The molecule has 0 aromatic heterocycles. The van der Waals surface area contributed by atoms with Gasteiger partial charge >= 0.3 is 0 Å². The van der Waals surface area contributed by atoms with E-state index in [1.807, 2.05) is 36.0 Å². The Balaban J connectivity index is 1.99. The van der Waals surface area contributed by atoms with Gasteiger partial charge in [-0.05, 0) is 43.6 Å². The minimum Gasteiger partial charge on any atom is -0.392 e. The number of aliphatic hydroxyl groups excluding tert-OH is 1. The molecule has 5 heteroatoms. The van der Waals surface area contributed by atoms with E-state index in [0.717, 1.165) is 28.9 Å². The molecule has 0 radical (unpaired) electrons. The van der Waals surface area contributed by atoms with E-state index in [9.17, 15) is 5.11 Å². The highest BCUT2D eigenvalue weighted by molar-refractivity contribution is 7.99. The first-order valence-electron chi connectivity index (χ1n) is 8.52. The molecule has 4 nitrogen and oxygen atoms in total. The van der Waals surface area contributed by atoms with Crippen LogP contribution in [0.3, 0.4) is 0 Å². The molecular weight excluding hydrogens is 306 g/mol. The Morgan fingerprint density at radius 2 is 2.09 bits per heavy atom. The number of guanidine groups is 1. The van der Waals surface area contributed by atoms with Crippen molar-refractivity contribution in [1.82, 2.24) is 10.6 Å². The van der Waals surface area contributed by atoms with Gasteiger partial charge in [0, 0.05) is 17.8 Å². The molecule has 0 aliphatic heterocycles. The van der Waals surface area contributed by atoms with Crippen molar-refractivity contribution in [2.24, 2.45) is 4.99 Å². The molecule has 1 fully saturated rings. The Morgan fingerprint density at radius 3 is 2.78 bits per heavy atom. The number of nitrogens with one attached hydrogen (secondary N) is 2. The second-order valence-electron chi connectivity index (χ2n) is 5.99. The summed E-state index contributed by atoms with van der Waals surface area (Å²) in [5.74, 6) is 0.881. The first-order valence-corrected chi connectivity index (χ1v) is 9.80. The average Bonchev–Trinajstić information content (AvgIpc) is 2.60. The third kappa shape index (κ3) is 5.74. The Labute approximate surface area is 144 Å². The molecule has 0 spiro atoms. The van der Waals surface area contributed by atoms with E-state index < -0.39 is 0 Å². The molecule has 0 saturated heterocycles. The van der Waals surface area contributed by atoms with Crippen LogP contribution in [0.5, 0.6) is 0 Å². The van der Waals surface area contributed by atoms with Crippen LogP contribution in [0.4, 0.5) is 0 Å². The fourth-order valence-electron chi connectivity index (χ4n) is 3.03. The lowest BCUT2D eigenvalue weighted by molar-refractivity contribution is 0.280. The molecule has 1 aromatic carbocycles. The Hall–Kier alpha value is -1.20. The Morgan fingerprint density at radius 1 is 1.30 bits per heavy atom. The van der Waals surface area contributed by atoms with E-state index in [2.05, 4.69) is 23.8 Å². The van der Waals surface area contributed by atoms with Crippen LogP contribution in [0.15, 0.2) is 29.3 Å². The quantitative estimate of drug-likeness (QED) is 0.553. The predicted molar refractivity (Wildman–Crippen MR) is 99.9 cm³/mol. The van der Waals surface area contributed by atoms with Crippen LogP contribution < -0.4 is 10.6 Å². The van der Waals surface area contributed by atoms with E-state index in [0.29, 0.717) is 12.6 Å². The minimum absolute atomic E-state index is 0.0632. The molecule has 128 valence electrons. The van der Waals surface area contributed by atoms with Crippen LogP contribution in [0.2, 0.25) is 0 Å². The van der Waals surface area contributed by atoms with Crippen molar-refractivity contribution in [1.29, 1.82) is 0 Å². The molecule has 2 atom stereocenters. The fraction of sp³-hybridized carbons (Fsp3) is 0.611. The summed E-state index contributed by atoms with van der Waals surface area (Å²) in [6, 6.07) is 8.44. The molecule has 1 aromatic rings. The number of aliphatic hydroxyl groups is 1. The van der Waals surface area contributed by atoms with Crippen molar-refractivity contribution in [3.63, 3.8) is 0 Å². The summed E-state index contributed by atoms with van der Waals surface area (Å²) in [5, 5.41) is 17.1. The highest BCUT2D eigenvalue weighted by Crippen LogP contribution is 2.26. The summed E-state index contributed by atoms with van der Waals surface area (Å²) < 4.78 is 0. The molecule has 1 saturated carbocycles. The second-order valence-corrected chi connectivity index (χ2v) is 7.13. The molecule has 3 N–H and O–H groups in total. The van der Waals surface area contributed by atoms with Crippen LogP contribution in [-0.4, -0.2) is 35.2 Å². The SMILES string of the molecule is CCNC(=NCc1ccccc1CO)NC1CCCC(SC)C1. The Bertz CT molecular complexity index is 507. The predicted octanol–water partition coefficient (Wildman–Crippen LogP) is 2.91. The molecule has 2 rings (SSSR count). The molecule has 0 heterocycles. The number of thioether (sulfide) groups is 1. The maximum absolute atomic E-state index is 9.42. The van der Waals surface area contributed by atoms with Gasteiger partial charge in [0.2, 0.25) is 0 Å². The topological polar surface area (TPSA) is 56.7 Å². The monoisotopic (exact) mass is 335 g/mol. The van der Waals surface area contributed by atoms with Crippen LogP contribution >= 0.6 is 11.8 Å². The van der Waals surface area contributed by atoms with Crippen molar-refractivity contribution in [2.75, 3.05) is 12.8 Å². The van der Waals surface area contributed by atoms with Gasteiger partial charge in [-0.2, -0.15) is 11.8 Å². The molecule has 2 unspecified atom stereocenters. The Kier molecular flexibility index (Phi) is 7.76. The smallest absolute Gasteiger partial charge is 0.191 e. The van der Waals surface area contributed by atoms with Crippen LogP contribution in [-0.2, 0) is 13.2 Å². The summed E-state index contributed by atoms with van der Waals surface area (Å²) in [5.41, 5.74) is 2.03. The maximum Gasteiger partial charge on any atom is 0.191 e. The molecule has 0 amide bonds. The van der Waals surface area contributed by atoms with Crippen molar-refractivity contribution < 1.29 is 5.11 Å². The summed E-state index contributed by atoms with van der Waals surface area (Å²) in [7, 11) is 0.